The van der Waals surface area contributed by atoms with E-state index in [9.17, 15) is 4.39 Å². The molecule has 2 aromatic rings. The standard InChI is InChI=1S/C13H13ClFN3/c1-3-11-7(2)17-13(18-12(11)16)8-4-9(14)6-10(15)5-8/h4-6H,3H2,1-2H3,(H2,16,17,18). The number of aromatic nitrogens is 2. The number of hydrogen-bond donors (Lipinski definition) is 1. The minimum Gasteiger partial charge on any atom is -0.383 e. The maximum absolute atomic E-state index is 13.3. The van der Waals surface area contributed by atoms with E-state index in [1.807, 2.05) is 13.8 Å². The van der Waals surface area contributed by atoms with E-state index in [-0.39, 0.29) is 0 Å². The molecular weight excluding hydrogens is 253 g/mol. The van der Waals surface area contributed by atoms with Crippen molar-refractivity contribution >= 4 is 17.4 Å². The summed E-state index contributed by atoms with van der Waals surface area (Å²) in [6, 6.07) is 4.19. The summed E-state index contributed by atoms with van der Waals surface area (Å²) in [4.78, 5) is 8.54. The Morgan fingerprint density at radius 2 is 2.00 bits per heavy atom. The Morgan fingerprint density at radius 1 is 1.28 bits per heavy atom. The van der Waals surface area contributed by atoms with Gasteiger partial charge in [0.25, 0.3) is 0 Å². The topological polar surface area (TPSA) is 51.8 Å². The molecule has 0 spiro atoms. The second-order valence-corrected chi connectivity index (χ2v) is 4.44. The van der Waals surface area contributed by atoms with Crippen LogP contribution in [0.4, 0.5) is 10.2 Å². The Kier molecular flexibility index (Phi) is 3.48. The lowest BCUT2D eigenvalue weighted by Crippen LogP contribution is -2.04. The summed E-state index contributed by atoms with van der Waals surface area (Å²) in [5, 5.41) is 0.310. The van der Waals surface area contributed by atoms with Gasteiger partial charge in [0.05, 0.1) is 0 Å². The molecule has 0 fully saturated rings. The number of nitrogen functional groups attached to an aromatic ring is 1. The molecule has 0 saturated carbocycles. The summed E-state index contributed by atoms with van der Waals surface area (Å²) in [6.45, 7) is 3.85. The van der Waals surface area contributed by atoms with Gasteiger partial charge < -0.3 is 5.73 Å². The smallest absolute Gasteiger partial charge is 0.161 e. The van der Waals surface area contributed by atoms with Crippen LogP contribution in [-0.2, 0) is 6.42 Å². The lowest BCUT2D eigenvalue weighted by atomic mass is 10.1. The number of halogens is 2. The highest BCUT2D eigenvalue weighted by molar-refractivity contribution is 6.30. The molecule has 1 heterocycles. The maximum Gasteiger partial charge on any atom is 0.161 e. The summed E-state index contributed by atoms with van der Waals surface area (Å²) < 4.78 is 13.3. The van der Waals surface area contributed by atoms with Crippen LogP contribution in [0.2, 0.25) is 5.02 Å². The molecule has 0 aliphatic rings. The number of aryl methyl sites for hydroxylation is 1. The molecule has 0 aliphatic carbocycles. The van der Waals surface area contributed by atoms with Crippen LogP contribution in [0.3, 0.4) is 0 Å². The minimum absolute atomic E-state index is 0.310. The van der Waals surface area contributed by atoms with E-state index < -0.39 is 5.82 Å². The molecule has 0 bridgehead atoms. The lowest BCUT2D eigenvalue weighted by molar-refractivity contribution is 0.628. The number of anilines is 1. The van der Waals surface area contributed by atoms with Crippen LogP contribution in [0.15, 0.2) is 18.2 Å². The molecule has 0 amide bonds. The highest BCUT2D eigenvalue weighted by Gasteiger charge is 2.10. The first-order valence-corrected chi connectivity index (χ1v) is 5.98. The van der Waals surface area contributed by atoms with Crippen LogP contribution in [0.1, 0.15) is 18.2 Å². The van der Waals surface area contributed by atoms with Gasteiger partial charge in [0.2, 0.25) is 0 Å². The number of rotatable bonds is 2. The first-order chi connectivity index (χ1) is 8.51. The molecule has 94 valence electrons. The molecular formula is C13H13ClFN3. The molecule has 0 aliphatic heterocycles. The molecule has 18 heavy (non-hydrogen) atoms. The number of nitrogens with two attached hydrogens (primary N) is 1. The van der Waals surface area contributed by atoms with Gasteiger partial charge in [-0.2, -0.15) is 0 Å². The van der Waals surface area contributed by atoms with Crippen LogP contribution in [0.5, 0.6) is 0 Å². The third-order valence-corrected chi connectivity index (χ3v) is 2.94. The van der Waals surface area contributed by atoms with E-state index in [1.54, 1.807) is 6.07 Å². The van der Waals surface area contributed by atoms with Crippen LogP contribution >= 0.6 is 11.6 Å². The Hall–Kier alpha value is -1.68. The zero-order valence-corrected chi connectivity index (χ0v) is 10.9. The lowest BCUT2D eigenvalue weighted by Gasteiger charge is -2.09. The van der Waals surface area contributed by atoms with E-state index in [1.165, 1.54) is 12.1 Å². The molecule has 3 nitrogen and oxygen atoms in total. The highest BCUT2D eigenvalue weighted by Crippen LogP contribution is 2.24. The average molecular weight is 266 g/mol. The van der Waals surface area contributed by atoms with Gasteiger partial charge in [-0.15, -0.1) is 0 Å². The molecule has 5 heteroatoms. The number of benzene rings is 1. The zero-order valence-electron chi connectivity index (χ0n) is 10.2. The van der Waals surface area contributed by atoms with Crippen LogP contribution in [-0.4, -0.2) is 9.97 Å². The van der Waals surface area contributed by atoms with Crippen molar-refractivity contribution in [2.75, 3.05) is 5.73 Å². The van der Waals surface area contributed by atoms with E-state index >= 15 is 0 Å². The summed E-state index contributed by atoms with van der Waals surface area (Å²) in [5.41, 5.74) is 8.12. The monoisotopic (exact) mass is 265 g/mol. The van der Waals surface area contributed by atoms with Crippen LogP contribution in [0.25, 0.3) is 11.4 Å². The fourth-order valence-electron chi connectivity index (χ4n) is 1.87. The van der Waals surface area contributed by atoms with E-state index in [4.69, 9.17) is 17.3 Å². The van der Waals surface area contributed by atoms with Crippen molar-refractivity contribution in [2.45, 2.75) is 20.3 Å². The fraction of sp³-hybridized carbons (Fsp3) is 0.231. The molecule has 0 saturated heterocycles. The molecule has 1 aromatic carbocycles. The molecule has 0 unspecified atom stereocenters. The van der Waals surface area contributed by atoms with Gasteiger partial charge in [-0.1, -0.05) is 18.5 Å². The molecule has 0 atom stereocenters. The second kappa shape index (κ2) is 4.90. The fourth-order valence-corrected chi connectivity index (χ4v) is 2.09. The predicted molar refractivity (Wildman–Crippen MR) is 71.0 cm³/mol. The van der Waals surface area contributed by atoms with Crippen LogP contribution < -0.4 is 5.73 Å². The third kappa shape index (κ3) is 2.43. The van der Waals surface area contributed by atoms with Gasteiger partial charge >= 0.3 is 0 Å². The molecule has 0 radical (unpaired) electrons. The Bertz CT molecular complexity index is 556. The Labute approximate surface area is 110 Å². The molecule has 1 aromatic heterocycles. The van der Waals surface area contributed by atoms with Gasteiger partial charge in [-0.25, -0.2) is 14.4 Å². The SMILES string of the molecule is CCc1c(C)nc(-c2cc(F)cc(Cl)c2)nc1N. The van der Waals surface area contributed by atoms with Gasteiger partial charge in [-0.05, 0) is 31.5 Å². The van der Waals surface area contributed by atoms with E-state index in [0.29, 0.717) is 22.2 Å². The van der Waals surface area contributed by atoms with Gasteiger partial charge in [0.15, 0.2) is 5.82 Å². The van der Waals surface area contributed by atoms with E-state index in [2.05, 4.69) is 9.97 Å². The molecule has 2 N–H and O–H groups in total. The first kappa shape index (κ1) is 12.8. The van der Waals surface area contributed by atoms with Gasteiger partial charge in [0.1, 0.15) is 11.6 Å². The van der Waals surface area contributed by atoms with Gasteiger partial charge in [-0.3, -0.25) is 0 Å². The average Bonchev–Trinajstić information content (AvgIpc) is 2.27. The Balaban J connectivity index is 2.58. The Morgan fingerprint density at radius 3 is 2.56 bits per heavy atom. The largest absolute Gasteiger partial charge is 0.383 e. The van der Waals surface area contributed by atoms with Crippen molar-refractivity contribution in [3.05, 3.63) is 40.3 Å². The van der Waals surface area contributed by atoms with E-state index in [0.717, 1.165) is 17.7 Å². The van der Waals surface area contributed by atoms with Crippen molar-refractivity contribution in [1.29, 1.82) is 0 Å². The quantitative estimate of drug-likeness (QED) is 0.906. The number of hydrogen-bond acceptors (Lipinski definition) is 3. The third-order valence-electron chi connectivity index (χ3n) is 2.72. The van der Waals surface area contributed by atoms with Crippen molar-refractivity contribution in [1.82, 2.24) is 9.97 Å². The van der Waals surface area contributed by atoms with Crippen molar-refractivity contribution in [3.63, 3.8) is 0 Å². The van der Waals surface area contributed by atoms with Crippen molar-refractivity contribution in [2.24, 2.45) is 0 Å². The predicted octanol–water partition coefficient (Wildman–Crippen LogP) is 3.39. The summed E-state index contributed by atoms with van der Waals surface area (Å²) in [5.74, 6) is 0.404. The normalized spacial score (nSPS) is 10.7. The highest BCUT2D eigenvalue weighted by atomic mass is 35.5. The first-order valence-electron chi connectivity index (χ1n) is 5.60. The molecule has 2 rings (SSSR count). The summed E-state index contributed by atoms with van der Waals surface area (Å²) in [6.07, 6.45) is 0.766. The minimum atomic E-state index is -0.420. The zero-order chi connectivity index (χ0) is 13.3. The van der Waals surface area contributed by atoms with Crippen molar-refractivity contribution < 1.29 is 4.39 Å². The number of nitrogens with zero attached hydrogens (tertiary/aromatic N) is 2. The summed E-state index contributed by atoms with van der Waals surface area (Å²) in [7, 11) is 0. The second-order valence-electron chi connectivity index (χ2n) is 4.01. The van der Waals surface area contributed by atoms with Gasteiger partial charge in [0, 0.05) is 21.8 Å². The van der Waals surface area contributed by atoms with Crippen molar-refractivity contribution in [3.8, 4) is 11.4 Å². The summed E-state index contributed by atoms with van der Waals surface area (Å²) >= 11 is 5.81. The van der Waals surface area contributed by atoms with Crippen LogP contribution in [0, 0.1) is 12.7 Å². The maximum atomic E-state index is 13.3.